The fourth-order valence-electron chi connectivity index (χ4n) is 1.21. The van der Waals surface area contributed by atoms with E-state index >= 15 is 0 Å². The lowest BCUT2D eigenvalue weighted by Crippen LogP contribution is -2.01. The molecule has 0 aliphatic heterocycles. The Kier molecular flexibility index (Phi) is 2.86. The molecule has 0 unspecified atom stereocenters. The molecular formula is C10H10BrFO. The summed E-state index contributed by atoms with van der Waals surface area (Å²) in [4.78, 5) is 11.1. The summed E-state index contributed by atoms with van der Waals surface area (Å²) in [6.07, 6.45) is 0. The van der Waals surface area contributed by atoms with Crippen LogP contribution in [-0.4, -0.2) is 5.78 Å². The molecule has 0 spiro atoms. The van der Waals surface area contributed by atoms with Crippen molar-refractivity contribution in [3.8, 4) is 0 Å². The molecule has 0 aliphatic carbocycles. The van der Waals surface area contributed by atoms with Gasteiger partial charge in [0.25, 0.3) is 0 Å². The predicted molar refractivity (Wildman–Crippen MR) is 53.6 cm³/mol. The molecule has 1 nitrogen and oxygen atoms in total. The van der Waals surface area contributed by atoms with Crippen molar-refractivity contribution < 1.29 is 9.18 Å². The monoisotopic (exact) mass is 244 g/mol. The van der Waals surface area contributed by atoms with Crippen molar-refractivity contribution in [2.45, 2.75) is 20.8 Å². The second-order valence-corrected chi connectivity index (χ2v) is 3.84. The topological polar surface area (TPSA) is 17.1 Å². The van der Waals surface area contributed by atoms with Gasteiger partial charge in [-0.25, -0.2) is 4.39 Å². The lowest BCUT2D eigenvalue weighted by atomic mass is 10.0. The van der Waals surface area contributed by atoms with Crippen molar-refractivity contribution in [2.24, 2.45) is 0 Å². The fourth-order valence-corrected chi connectivity index (χ4v) is 1.62. The zero-order valence-corrected chi connectivity index (χ0v) is 9.33. The summed E-state index contributed by atoms with van der Waals surface area (Å²) in [5.41, 5.74) is 1.61. The number of hydrogen-bond acceptors (Lipinski definition) is 1. The van der Waals surface area contributed by atoms with E-state index in [9.17, 15) is 9.18 Å². The maximum atomic E-state index is 13.4. The van der Waals surface area contributed by atoms with Crippen LogP contribution >= 0.6 is 15.9 Å². The quantitative estimate of drug-likeness (QED) is 0.693. The molecule has 0 aliphatic rings. The van der Waals surface area contributed by atoms with Crippen LogP contribution in [0.2, 0.25) is 0 Å². The Bertz CT molecular complexity index is 372. The standard InChI is InChI=1S/C10H10BrFO/c1-5-4-8(7(3)13)6(2)10(12)9(5)11/h4H,1-3H3. The van der Waals surface area contributed by atoms with E-state index in [1.807, 2.05) is 0 Å². The van der Waals surface area contributed by atoms with Crippen LogP contribution in [0, 0.1) is 19.7 Å². The van der Waals surface area contributed by atoms with Crippen LogP contribution in [0.4, 0.5) is 4.39 Å². The number of rotatable bonds is 1. The number of hydrogen-bond donors (Lipinski definition) is 0. The number of ketones is 1. The summed E-state index contributed by atoms with van der Waals surface area (Å²) in [5, 5.41) is 0. The highest BCUT2D eigenvalue weighted by Gasteiger charge is 2.13. The number of aryl methyl sites for hydroxylation is 1. The molecule has 0 atom stereocenters. The van der Waals surface area contributed by atoms with Gasteiger partial charge in [0.1, 0.15) is 5.82 Å². The molecule has 70 valence electrons. The Morgan fingerprint density at radius 1 is 1.46 bits per heavy atom. The highest BCUT2D eigenvalue weighted by molar-refractivity contribution is 9.10. The second kappa shape index (κ2) is 3.58. The summed E-state index contributed by atoms with van der Waals surface area (Å²) >= 11 is 3.13. The number of carbonyl (C=O) groups is 1. The van der Waals surface area contributed by atoms with Gasteiger partial charge in [-0.3, -0.25) is 4.79 Å². The molecule has 0 N–H and O–H groups in total. The van der Waals surface area contributed by atoms with Crippen molar-refractivity contribution >= 4 is 21.7 Å². The normalized spacial score (nSPS) is 10.2. The summed E-state index contributed by atoms with van der Waals surface area (Å²) in [5.74, 6) is -0.447. The Hall–Kier alpha value is -0.700. The molecule has 13 heavy (non-hydrogen) atoms. The SMILES string of the molecule is CC(=O)c1cc(C)c(Br)c(F)c1C. The van der Waals surface area contributed by atoms with Gasteiger partial charge >= 0.3 is 0 Å². The van der Waals surface area contributed by atoms with Gasteiger partial charge in [0.15, 0.2) is 5.78 Å². The molecule has 1 rings (SSSR count). The van der Waals surface area contributed by atoms with E-state index in [-0.39, 0.29) is 11.6 Å². The third-order valence-electron chi connectivity index (χ3n) is 2.01. The Morgan fingerprint density at radius 2 is 2.00 bits per heavy atom. The minimum Gasteiger partial charge on any atom is -0.294 e. The van der Waals surface area contributed by atoms with Gasteiger partial charge < -0.3 is 0 Å². The highest BCUT2D eigenvalue weighted by atomic mass is 79.9. The number of halogens is 2. The van der Waals surface area contributed by atoms with Gasteiger partial charge in [0.2, 0.25) is 0 Å². The maximum Gasteiger partial charge on any atom is 0.160 e. The van der Waals surface area contributed by atoms with E-state index in [2.05, 4.69) is 15.9 Å². The van der Waals surface area contributed by atoms with Crippen molar-refractivity contribution in [3.63, 3.8) is 0 Å². The van der Waals surface area contributed by atoms with Crippen LogP contribution in [0.3, 0.4) is 0 Å². The minimum atomic E-state index is -0.342. The summed E-state index contributed by atoms with van der Waals surface area (Å²) in [6, 6.07) is 1.70. The lowest BCUT2D eigenvalue weighted by Gasteiger charge is -2.07. The third kappa shape index (κ3) is 1.80. The molecule has 1 aromatic carbocycles. The van der Waals surface area contributed by atoms with Gasteiger partial charge in [-0.05, 0) is 53.9 Å². The van der Waals surface area contributed by atoms with Crippen molar-refractivity contribution in [1.82, 2.24) is 0 Å². The average molecular weight is 245 g/mol. The predicted octanol–water partition coefficient (Wildman–Crippen LogP) is 3.41. The minimum absolute atomic E-state index is 0.105. The molecule has 0 bridgehead atoms. The number of carbonyl (C=O) groups excluding carboxylic acids is 1. The van der Waals surface area contributed by atoms with E-state index in [0.29, 0.717) is 15.6 Å². The van der Waals surface area contributed by atoms with Gasteiger partial charge in [-0.2, -0.15) is 0 Å². The van der Waals surface area contributed by atoms with Crippen LogP contribution in [0.15, 0.2) is 10.5 Å². The largest absolute Gasteiger partial charge is 0.294 e. The Morgan fingerprint density at radius 3 is 2.46 bits per heavy atom. The van der Waals surface area contributed by atoms with Crippen molar-refractivity contribution in [3.05, 3.63) is 33.0 Å². The van der Waals surface area contributed by atoms with Crippen molar-refractivity contribution in [2.75, 3.05) is 0 Å². The zero-order chi connectivity index (χ0) is 10.2. The van der Waals surface area contributed by atoms with E-state index < -0.39 is 0 Å². The fraction of sp³-hybridized carbons (Fsp3) is 0.300. The molecule has 0 radical (unpaired) electrons. The smallest absolute Gasteiger partial charge is 0.160 e. The average Bonchev–Trinajstić information content (AvgIpc) is 2.07. The van der Waals surface area contributed by atoms with E-state index in [1.165, 1.54) is 6.92 Å². The zero-order valence-electron chi connectivity index (χ0n) is 7.74. The van der Waals surface area contributed by atoms with Gasteiger partial charge in [-0.15, -0.1) is 0 Å². The highest BCUT2D eigenvalue weighted by Crippen LogP contribution is 2.25. The molecule has 0 aromatic heterocycles. The molecule has 0 saturated heterocycles. The first-order chi connectivity index (χ1) is 5.95. The lowest BCUT2D eigenvalue weighted by molar-refractivity contribution is 0.101. The number of benzene rings is 1. The van der Waals surface area contributed by atoms with Crippen LogP contribution in [-0.2, 0) is 0 Å². The first-order valence-corrected chi connectivity index (χ1v) is 4.70. The first kappa shape index (κ1) is 10.4. The number of Topliss-reactive ketones (excluding diaryl/α,β-unsaturated/α-hetero) is 1. The summed E-state index contributed by atoms with van der Waals surface area (Å²) in [7, 11) is 0. The molecule has 0 fully saturated rings. The Balaban J connectivity index is 3.50. The van der Waals surface area contributed by atoms with Crippen LogP contribution in [0.25, 0.3) is 0 Å². The van der Waals surface area contributed by atoms with Crippen LogP contribution in [0.1, 0.15) is 28.4 Å². The maximum absolute atomic E-state index is 13.4. The molecule has 0 heterocycles. The first-order valence-electron chi connectivity index (χ1n) is 3.91. The molecule has 3 heteroatoms. The van der Waals surface area contributed by atoms with Crippen LogP contribution in [0.5, 0.6) is 0 Å². The third-order valence-corrected chi connectivity index (χ3v) is 2.99. The summed E-state index contributed by atoms with van der Waals surface area (Å²) < 4.78 is 13.9. The molecule has 0 saturated carbocycles. The van der Waals surface area contributed by atoms with Gasteiger partial charge in [0, 0.05) is 5.56 Å². The Labute approximate surface area is 85.1 Å². The molecular weight excluding hydrogens is 235 g/mol. The van der Waals surface area contributed by atoms with Crippen LogP contribution < -0.4 is 0 Å². The van der Waals surface area contributed by atoms with E-state index in [0.717, 1.165) is 5.56 Å². The summed E-state index contributed by atoms with van der Waals surface area (Å²) in [6.45, 7) is 4.81. The van der Waals surface area contributed by atoms with Gasteiger partial charge in [-0.1, -0.05) is 0 Å². The van der Waals surface area contributed by atoms with Gasteiger partial charge in [0.05, 0.1) is 4.47 Å². The van der Waals surface area contributed by atoms with E-state index in [4.69, 9.17) is 0 Å². The molecule has 0 amide bonds. The molecule has 1 aromatic rings. The van der Waals surface area contributed by atoms with Crippen molar-refractivity contribution in [1.29, 1.82) is 0 Å². The second-order valence-electron chi connectivity index (χ2n) is 3.05. The van der Waals surface area contributed by atoms with E-state index in [1.54, 1.807) is 19.9 Å².